The topological polar surface area (TPSA) is 102 Å². The zero-order chi connectivity index (χ0) is 25.7. The number of aryl methyl sites for hydroxylation is 1. The van der Waals surface area contributed by atoms with Crippen LogP contribution in [0.2, 0.25) is 10.0 Å². The predicted octanol–water partition coefficient (Wildman–Crippen LogP) is 7.04. The van der Waals surface area contributed by atoms with Crippen molar-refractivity contribution in [2.75, 3.05) is 11.9 Å². The van der Waals surface area contributed by atoms with E-state index in [9.17, 15) is 9.59 Å². The van der Waals surface area contributed by atoms with Crippen molar-refractivity contribution in [3.8, 4) is 22.5 Å². The summed E-state index contributed by atoms with van der Waals surface area (Å²) in [5, 5.41) is 16.6. The van der Waals surface area contributed by atoms with Gasteiger partial charge in [0.1, 0.15) is 11.4 Å². The van der Waals surface area contributed by atoms with Crippen molar-refractivity contribution < 1.29 is 24.0 Å². The van der Waals surface area contributed by atoms with Gasteiger partial charge < -0.3 is 14.4 Å². The Kier molecular flexibility index (Phi) is 7.93. The lowest BCUT2D eigenvalue weighted by molar-refractivity contribution is -0.136. The van der Waals surface area contributed by atoms with Crippen molar-refractivity contribution in [2.24, 2.45) is 0 Å². The number of carboxylic acids is 1. The molecule has 0 radical (unpaired) electrons. The minimum atomic E-state index is -0.868. The fourth-order valence-electron chi connectivity index (χ4n) is 3.67. The molecular formula is C27H22Cl2N2O5. The third-order valence-electron chi connectivity index (χ3n) is 5.53. The quantitative estimate of drug-likeness (QED) is 0.256. The molecule has 4 rings (SSSR count). The third kappa shape index (κ3) is 6.05. The van der Waals surface area contributed by atoms with E-state index >= 15 is 0 Å². The normalized spacial score (nSPS) is 10.8. The Morgan fingerprint density at radius 2 is 1.53 bits per heavy atom. The molecule has 3 aromatic carbocycles. The van der Waals surface area contributed by atoms with Crippen LogP contribution in [-0.2, 0) is 22.4 Å². The van der Waals surface area contributed by atoms with E-state index in [1.54, 1.807) is 37.3 Å². The van der Waals surface area contributed by atoms with Crippen molar-refractivity contribution in [1.82, 2.24) is 5.16 Å². The Hall–Kier alpha value is -3.81. The molecule has 0 bridgehead atoms. The maximum Gasteiger partial charge on any atom is 0.411 e. The van der Waals surface area contributed by atoms with E-state index in [1.165, 1.54) is 0 Å². The summed E-state index contributed by atoms with van der Waals surface area (Å²) < 4.78 is 10.8. The zero-order valence-electron chi connectivity index (χ0n) is 19.3. The molecule has 1 aromatic heterocycles. The van der Waals surface area contributed by atoms with Gasteiger partial charge in [-0.1, -0.05) is 83.0 Å². The maximum absolute atomic E-state index is 12.4. The first kappa shape index (κ1) is 25.3. The number of rotatable bonds is 8. The van der Waals surface area contributed by atoms with Gasteiger partial charge in [-0.15, -0.1) is 0 Å². The van der Waals surface area contributed by atoms with Gasteiger partial charge in [-0.3, -0.25) is 10.1 Å². The van der Waals surface area contributed by atoms with Crippen molar-refractivity contribution in [3.05, 3.63) is 93.6 Å². The minimum absolute atomic E-state index is 0.0178. The number of carboxylic acid groups (broad SMARTS) is 1. The number of anilines is 1. The fourth-order valence-corrected chi connectivity index (χ4v) is 4.26. The van der Waals surface area contributed by atoms with E-state index in [-0.39, 0.29) is 13.0 Å². The van der Waals surface area contributed by atoms with Crippen LogP contribution in [0.4, 0.5) is 10.5 Å². The van der Waals surface area contributed by atoms with Gasteiger partial charge in [0.25, 0.3) is 0 Å². The molecular weight excluding hydrogens is 503 g/mol. The van der Waals surface area contributed by atoms with Crippen molar-refractivity contribution in [3.63, 3.8) is 0 Å². The summed E-state index contributed by atoms with van der Waals surface area (Å²) in [7, 11) is 0. The SMILES string of the molecule is Cc1noc(-c2ccc(-c3ccc(CC(=O)O)cc3)cc2)c1NC(=O)OCCc1c(Cl)cccc1Cl. The Morgan fingerprint density at radius 1 is 0.944 bits per heavy atom. The number of hydrogen-bond acceptors (Lipinski definition) is 5. The highest BCUT2D eigenvalue weighted by atomic mass is 35.5. The van der Waals surface area contributed by atoms with E-state index in [4.69, 9.17) is 37.6 Å². The monoisotopic (exact) mass is 524 g/mol. The highest BCUT2D eigenvalue weighted by molar-refractivity contribution is 6.36. The van der Waals surface area contributed by atoms with E-state index in [1.807, 2.05) is 36.4 Å². The number of aliphatic carboxylic acids is 1. The summed E-state index contributed by atoms with van der Waals surface area (Å²) in [6.07, 6.45) is -0.292. The lowest BCUT2D eigenvalue weighted by Gasteiger charge is -2.10. The van der Waals surface area contributed by atoms with Crippen LogP contribution in [0.5, 0.6) is 0 Å². The number of halogens is 2. The molecule has 0 aliphatic rings. The van der Waals surface area contributed by atoms with Gasteiger partial charge in [0.2, 0.25) is 0 Å². The number of carbonyl (C=O) groups is 2. The van der Waals surface area contributed by atoms with Crippen LogP contribution in [0.25, 0.3) is 22.5 Å². The number of benzene rings is 3. The summed E-state index contributed by atoms with van der Waals surface area (Å²) >= 11 is 12.3. The first-order valence-electron chi connectivity index (χ1n) is 11.1. The van der Waals surface area contributed by atoms with E-state index < -0.39 is 12.1 Å². The van der Waals surface area contributed by atoms with E-state index in [0.717, 1.165) is 22.3 Å². The summed E-state index contributed by atoms with van der Waals surface area (Å²) in [5.41, 5.74) is 4.99. The first-order chi connectivity index (χ1) is 17.3. The van der Waals surface area contributed by atoms with Crippen LogP contribution in [0.15, 0.2) is 71.3 Å². The van der Waals surface area contributed by atoms with Gasteiger partial charge in [0.15, 0.2) is 5.76 Å². The summed E-state index contributed by atoms with van der Waals surface area (Å²) in [6.45, 7) is 1.81. The molecule has 0 unspecified atom stereocenters. The van der Waals surface area contributed by atoms with Gasteiger partial charge in [0.05, 0.1) is 13.0 Å². The average Bonchev–Trinajstić information content (AvgIpc) is 3.21. The van der Waals surface area contributed by atoms with Crippen LogP contribution in [0.3, 0.4) is 0 Å². The molecule has 4 aromatic rings. The summed E-state index contributed by atoms with van der Waals surface area (Å²) in [6, 6.07) is 20.1. The second-order valence-electron chi connectivity index (χ2n) is 8.03. The Balaban J connectivity index is 1.42. The molecule has 2 N–H and O–H groups in total. The number of hydrogen-bond donors (Lipinski definition) is 2. The summed E-state index contributed by atoms with van der Waals surface area (Å²) in [5.74, 6) is -0.463. The molecule has 1 amide bonds. The first-order valence-corrected chi connectivity index (χ1v) is 11.8. The van der Waals surface area contributed by atoms with Gasteiger partial charge in [-0.25, -0.2) is 4.79 Å². The highest BCUT2D eigenvalue weighted by Crippen LogP contribution is 2.33. The maximum atomic E-state index is 12.4. The number of amides is 1. The molecule has 1 heterocycles. The van der Waals surface area contributed by atoms with Crippen LogP contribution in [0, 0.1) is 6.92 Å². The molecule has 0 aliphatic carbocycles. The lowest BCUT2D eigenvalue weighted by Crippen LogP contribution is -2.16. The predicted molar refractivity (Wildman–Crippen MR) is 139 cm³/mol. The van der Waals surface area contributed by atoms with Crippen molar-refractivity contribution >= 4 is 41.0 Å². The second kappa shape index (κ2) is 11.3. The molecule has 0 saturated carbocycles. The number of ether oxygens (including phenoxy) is 1. The van der Waals surface area contributed by atoms with E-state index in [0.29, 0.717) is 39.2 Å². The smallest absolute Gasteiger partial charge is 0.411 e. The van der Waals surface area contributed by atoms with Crippen molar-refractivity contribution in [2.45, 2.75) is 19.8 Å². The van der Waals surface area contributed by atoms with Gasteiger partial charge in [0, 0.05) is 22.0 Å². The highest BCUT2D eigenvalue weighted by Gasteiger charge is 2.18. The summed E-state index contributed by atoms with van der Waals surface area (Å²) in [4.78, 5) is 23.3. The second-order valence-corrected chi connectivity index (χ2v) is 8.84. The van der Waals surface area contributed by atoms with E-state index in [2.05, 4.69) is 10.5 Å². The minimum Gasteiger partial charge on any atom is -0.481 e. The molecule has 184 valence electrons. The third-order valence-corrected chi connectivity index (χ3v) is 6.23. The standard InChI is InChI=1S/C27H22Cl2N2O5/c1-16-25(30-27(34)35-14-13-21-22(28)3-2-4-23(21)29)26(36-31-16)20-11-9-19(10-12-20)18-7-5-17(6-8-18)15-24(32)33/h2-12H,13-15H2,1H3,(H,30,34)(H,32,33). The number of nitrogens with zero attached hydrogens (tertiary/aromatic N) is 1. The van der Waals surface area contributed by atoms with Gasteiger partial charge in [-0.2, -0.15) is 0 Å². The lowest BCUT2D eigenvalue weighted by atomic mass is 10.0. The van der Waals surface area contributed by atoms with Gasteiger partial charge in [-0.05, 0) is 41.3 Å². The Bertz CT molecular complexity index is 1360. The van der Waals surface area contributed by atoms with Crippen LogP contribution in [-0.4, -0.2) is 28.9 Å². The number of carbonyl (C=O) groups excluding carboxylic acids is 1. The Morgan fingerprint density at radius 3 is 2.14 bits per heavy atom. The average molecular weight is 525 g/mol. The van der Waals surface area contributed by atoms with Gasteiger partial charge >= 0.3 is 12.1 Å². The molecule has 9 heteroatoms. The van der Waals surface area contributed by atoms with Crippen LogP contribution in [0.1, 0.15) is 16.8 Å². The number of nitrogens with one attached hydrogen (secondary N) is 1. The Labute approximate surface area is 217 Å². The molecule has 0 atom stereocenters. The zero-order valence-corrected chi connectivity index (χ0v) is 20.8. The molecule has 0 spiro atoms. The van der Waals surface area contributed by atoms with Crippen molar-refractivity contribution in [1.29, 1.82) is 0 Å². The molecule has 0 saturated heterocycles. The largest absolute Gasteiger partial charge is 0.481 e. The van der Waals surface area contributed by atoms with Crippen LogP contribution >= 0.6 is 23.2 Å². The molecule has 7 nitrogen and oxygen atoms in total. The fraction of sp³-hybridized carbons (Fsp3) is 0.148. The number of aromatic nitrogens is 1. The molecule has 0 fully saturated rings. The van der Waals surface area contributed by atoms with Crippen LogP contribution < -0.4 is 5.32 Å². The molecule has 0 aliphatic heterocycles. The molecule has 36 heavy (non-hydrogen) atoms.